The minimum atomic E-state index is -3.08. The van der Waals surface area contributed by atoms with E-state index in [1.165, 1.54) is 10.4 Å². The van der Waals surface area contributed by atoms with E-state index in [9.17, 15) is 13.2 Å². The summed E-state index contributed by atoms with van der Waals surface area (Å²) in [5.41, 5.74) is 1.32. The number of nitrogens with zero attached hydrogens (tertiary/aromatic N) is 4. The summed E-state index contributed by atoms with van der Waals surface area (Å²) in [6, 6.07) is 7.91. The molecule has 1 aliphatic heterocycles. The third-order valence-electron chi connectivity index (χ3n) is 4.52. The number of carbonyl (C=O) groups excluding carboxylic acids is 1. The predicted octanol–water partition coefficient (Wildman–Crippen LogP) is 1.16. The topological polar surface area (TPSA) is 107 Å². The van der Waals surface area contributed by atoms with E-state index >= 15 is 0 Å². The minimum Gasteiger partial charge on any atom is -0.348 e. The zero-order chi connectivity index (χ0) is 18.9. The Balaban J connectivity index is 1.64. The Labute approximate surface area is 152 Å². The van der Waals surface area contributed by atoms with Gasteiger partial charge in [-0.15, -0.1) is 10.2 Å². The molecular weight excluding hydrogens is 354 g/mol. The van der Waals surface area contributed by atoms with Gasteiger partial charge in [0.05, 0.1) is 17.0 Å². The molecule has 1 N–H and O–H groups in total. The smallest absolute Gasteiger partial charge is 0.244 e. The number of nitrogens with one attached hydrogen (secondary N) is 1. The summed E-state index contributed by atoms with van der Waals surface area (Å²) in [4.78, 5) is 13.4. The van der Waals surface area contributed by atoms with Gasteiger partial charge in [-0.2, -0.15) is 4.80 Å². The van der Waals surface area contributed by atoms with Crippen molar-refractivity contribution in [3.05, 3.63) is 29.8 Å². The van der Waals surface area contributed by atoms with Gasteiger partial charge in [0.2, 0.25) is 11.7 Å². The second-order valence-corrected chi connectivity index (χ2v) is 9.56. The SMILES string of the molecule is CC(C)c1ccc(-c2nnn(CC(=O)N[C@@]3(C)CCS(=O)(=O)C3)n2)cc1. The maximum atomic E-state index is 12.2. The highest BCUT2D eigenvalue weighted by Gasteiger charge is 2.39. The van der Waals surface area contributed by atoms with Gasteiger partial charge < -0.3 is 5.32 Å². The van der Waals surface area contributed by atoms with E-state index in [-0.39, 0.29) is 24.0 Å². The number of aromatic nitrogens is 4. The molecule has 9 heteroatoms. The van der Waals surface area contributed by atoms with E-state index in [0.29, 0.717) is 18.2 Å². The lowest BCUT2D eigenvalue weighted by Gasteiger charge is -2.23. The fraction of sp³-hybridized carbons (Fsp3) is 0.529. The van der Waals surface area contributed by atoms with Gasteiger partial charge in [-0.25, -0.2) is 8.42 Å². The Morgan fingerprint density at radius 2 is 2.00 bits per heavy atom. The Kier molecular flexibility index (Phi) is 4.83. The molecule has 1 amide bonds. The lowest BCUT2D eigenvalue weighted by Crippen LogP contribution is -2.48. The fourth-order valence-corrected chi connectivity index (χ4v) is 5.15. The molecule has 2 heterocycles. The van der Waals surface area contributed by atoms with Crippen LogP contribution < -0.4 is 5.32 Å². The average molecular weight is 377 g/mol. The molecule has 1 fully saturated rings. The highest BCUT2D eigenvalue weighted by molar-refractivity contribution is 7.91. The molecule has 0 saturated carbocycles. The molecule has 140 valence electrons. The van der Waals surface area contributed by atoms with Crippen LogP contribution in [0, 0.1) is 0 Å². The first kappa shape index (κ1) is 18.5. The van der Waals surface area contributed by atoms with E-state index < -0.39 is 15.4 Å². The molecule has 0 unspecified atom stereocenters. The number of rotatable bonds is 5. The van der Waals surface area contributed by atoms with Crippen molar-refractivity contribution >= 4 is 15.7 Å². The largest absolute Gasteiger partial charge is 0.348 e. The van der Waals surface area contributed by atoms with Crippen LogP contribution in [0.4, 0.5) is 0 Å². The molecular formula is C17H23N5O3S. The van der Waals surface area contributed by atoms with Gasteiger partial charge >= 0.3 is 0 Å². The third kappa shape index (κ3) is 4.27. The van der Waals surface area contributed by atoms with E-state index in [1.807, 2.05) is 24.3 Å². The summed E-state index contributed by atoms with van der Waals surface area (Å²) < 4.78 is 23.2. The second-order valence-electron chi connectivity index (χ2n) is 7.37. The molecule has 0 aliphatic carbocycles. The summed E-state index contributed by atoms with van der Waals surface area (Å²) >= 11 is 0. The van der Waals surface area contributed by atoms with Gasteiger partial charge in [-0.05, 0) is 30.0 Å². The number of hydrogen-bond donors (Lipinski definition) is 1. The number of carbonyl (C=O) groups is 1. The molecule has 0 spiro atoms. The maximum Gasteiger partial charge on any atom is 0.244 e. The van der Waals surface area contributed by atoms with Crippen molar-refractivity contribution in [1.29, 1.82) is 0 Å². The molecule has 1 atom stereocenters. The molecule has 0 bridgehead atoms. The molecule has 1 aromatic carbocycles. The molecule has 0 radical (unpaired) electrons. The average Bonchev–Trinajstić information content (AvgIpc) is 3.11. The Hall–Kier alpha value is -2.29. The molecule has 8 nitrogen and oxygen atoms in total. The first-order valence-corrected chi connectivity index (χ1v) is 10.4. The van der Waals surface area contributed by atoms with Crippen LogP contribution in [0.2, 0.25) is 0 Å². The maximum absolute atomic E-state index is 12.2. The Morgan fingerprint density at radius 1 is 1.31 bits per heavy atom. The first-order valence-electron chi connectivity index (χ1n) is 8.55. The second kappa shape index (κ2) is 6.79. The fourth-order valence-electron chi connectivity index (χ4n) is 3.06. The third-order valence-corrected chi connectivity index (χ3v) is 6.42. The molecule has 1 saturated heterocycles. The zero-order valence-corrected chi connectivity index (χ0v) is 16.0. The van der Waals surface area contributed by atoms with Crippen LogP contribution >= 0.6 is 0 Å². The number of benzene rings is 1. The highest BCUT2D eigenvalue weighted by atomic mass is 32.2. The van der Waals surface area contributed by atoms with Crippen LogP contribution in [-0.4, -0.2) is 51.6 Å². The molecule has 3 rings (SSSR count). The first-order chi connectivity index (χ1) is 12.2. The van der Waals surface area contributed by atoms with Gasteiger partial charge in [-0.3, -0.25) is 4.79 Å². The number of amides is 1. The Morgan fingerprint density at radius 3 is 2.58 bits per heavy atom. The van der Waals surface area contributed by atoms with Crippen molar-refractivity contribution in [2.75, 3.05) is 11.5 Å². The molecule has 1 aromatic heterocycles. The summed E-state index contributed by atoms with van der Waals surface area (Å²) in [5.74, 6) is 0.620. The molecule has 1 aliphatic rings. The van der Waals surface area contributed by atoms with Crippen molar-refractivity contribution in [2.45, 2.75) is 45.2 Å². The van der Waals surface area contributed by atoms with Gasteiger partial charge in [0.1, 0.15) is 6.54 Å². The van der Waals surface area contributed by atoms with E-state index in [0.717, 1.165) is 5.56 Å². The van der Waals surface area contributed by atoms with Crippen molar-refractivity contribution in [3.8, 4) is 11.4 Å². The summed E-state index contributed by atoms with van der Waals surface area (Å²) in [6.45, 7) is 5.88. The lowest BCUT2D eigenvalue weighted by atomic mass is 10.0. The number of tetrazole rings is 1. The van der Waals surface area contributed by atoms with Crippen LogP contribution in [0.3, 0.4) is 0 Å². The highest BCUT2D eigenvalue weighted by Crippen LogP contribution is 2.23. The predicted molar refractivity (Wildman–Crippen MR) is 97.2 cm³/mol. The quantitative estimate of drug-likeness (QED) is 0.838. The van der Waals surface area contributed by atoms with Crippen LogP contribution in [0.15, 0.2) is 24.3 Å². The molecule has 26 heavy (non-hydrogen) atoms. The van der Waals surface area contributed by atoms with Crippen LogP contribution in [-0.2, 0) is 21.2 Å². The van der Waals surface area contributed by atoms with Gasteiger partial charge in [0.25, 0.3) is 0 Å². The lowest BCUT2D eigenvalue weighted by molar-refractivity contribution is -0.123. The van der Waals surface area contributed by atoms with Crippen LogP contribution in [0.1, 0.15) is 38.7 Å². The standard InChI is InChI=1S/C17H23N5O3S/c1-12(2)13-4-6-14(7-5-13)16-19-21-22(20-16)10-15(23)18-17(3)8-9-26(24,25)11-17/h4-7,12H,8-11H2,1-3H3,(H,18,23)/t17-/m0/s1. The molecule has 2 aromatic rings. The van der Waals surface area contributed by atoms with E-state index in [1.54, 1.807) is 6.92 Å². The van der Waals surface area contributed by atoms with E-state index in [2.05, 4.69) is 34.6 Å². The minimum absolute atomic E-state index is 0.0377. The van der Waals surface area contributed by atoms with Crippen molar-refractivity contribution in [3.63, 3.8) is 0 Å². The van der Waals surface area contributed by atoms with Crippen molar-refractivity contribution < 1.29 is 13.2 Å². The normalized spacial score (nSPS) is 21.8. The van der Waals surface area contributed by atoms with E-state index in [4.69, 9.17) is 0 Å². The zero-order valence-electron chi connectivity index (χ0n) is 15.1. The number of hydrogen-bond acceptors (Lipinski definition) is 6. The van der Waals surface area contributed by atoms with Crippen molar-refractivity contribution in [1.82, 2.24) is 25.5 Å². The summed E-state index contributed by atoms with van der Waals surface area (Å²) in [7, 11) is -3.08. The van der Waals surface area contributed by atoms with Crippen LogP contribution in [0.25, 0.3) is 11.4 Å². The van der Waals surface area contributed by atoms with Crippen molar-refractivity contribution in [2.24, 2.45) is 0 Å². The number of sulfone groups is 1. The summed E-state index contributed by atoms with van der Waals surface area (Å²) in [5, 5.41) is 14.9. The van der Waals surface area contributed by atoms with Gasteiger partial charge in [-0.1, -0.05) is 38.1 Å². The van der Waals surface area contributed by atoms with Gasteiger partial charge in [0.15, 0.2) is 9.84 Å². The Bertz CT molecular complexity index is 905. The van der Waals surface area contributed by atoms with Crippen LogP contribution in [0.5, 0.6) is 0 Å². The summed E-state index contributed by atoms with van der Waals surface area (Å²) in [6.07, 6.45) is 0.416. The monoisotopic (exact) mass is 377 g/mol. The van der Waals surface area contributed by atoms with Gasteiger partial charge in [0, 0.05) is 5.56 Å².